The van der Waals surface area contributed by atoms with E-state index in [1.165, 1.54) is 0 Å². The van der Waals surface area contributed by atoms with Gasteiger partial charge in [-0.1, -0.05) is 72.8 Å². The minimum absolute atomic E-state index is 0.356. The molecule has 242 valence electrons. The monoisotopic (exact) mass is 686 g/mol. The maximum atomic E-state index is 12.1. The summed E-state index contributed by atoms with van der Waals surface area (Å²) in [6.45, 7) is 0. The molecule has 3 aromatic heterocycles. The van der Waals surface area contributed by atoms with Crippen molar-refractivity contribution in [2.24, 2.45) is 0 Å². The molecule has 9 aromatic rings. The molecule has 0 aliphatic rings. The highest BCUT2D eigenvalue weighted by molar-refractivity contribution is 7.98. The zero-order valence-corrected chi connectivity index (χ0v) is 27.3. The first-order valence-electron chi connectivity index (χ1n) is 14.9. The van der Waals surface area contributed by atoms with E-state index in [0.29, 0.717) is 21.8 Å². The van der Waals surface area contributed by atoms with Crippen LogP contribution in [0.1, 0.15) is 0 Å². The van der Waals surface area contributed by atoms with Gasteiger partial charge in [-0.05, 0) is 58.1 Å². The largest absolute Gasteiger partial charge is 0.326 e. The molecule has 10 nitrogen and oxygen atoms in total. The third-order valence-electron chi connectivity index (χ3n) is 8.39. The van der Waals surface area contributed by atoms with Crippen LogP contribution in [0.15, 0.2) is 127 Å². The highest BCUT2D eigenvalue weighted by atomic mass is 32.2. The Kier molecular flexibility index (Phi) is 8.45. The molecule has 0 radical (unpaired) electrons. The van der Waals surface area contributed by atoms with Crippen LogP contribution in [-0.4, -0.2) is 36.7 Å². The Morgan fingerprint density at radius 2 is 1.08 bits per heavy atom. The molecule has 0 spiro atoms. The van der Waals surface area contributed by atoms with Crippen molar-refractivity contribution < 1.29 is 10.5 Å². The molecule has 0 fully saturated rings. The number of hydrogen-bond acceptors (Lipinski definition) is 8. The first-order chi connectivity index (χ1) is 23.9. The number of aromatic amines is 4. The van der Waals surface area contributed by atoms with Crippen molar-refractivity contribution in [1.29, 1.82) is 0 Å². The number of para-hydroxylation sites is 1. The van der Waals surface area contributed by atoms with Gasteiger partial charge in [0, 0.05) is 36.2 Å². The predicted octanol–water partition coefficient (Wildman–Crippen LogP) is 7.51. The van der Waals surface area contributed by atoms with E-state index in [2.05, 4.69) is 68.5 Å². The summed E-state index contributed by atoms with van der Waals surface area (Å²) in [6.07, 6.45) is 2.02. The molecule has 6 N–H and O–H groups in total. The summed E-state index contributed by atoms with van der Waals surface area (Å²) < 4.78 is 2.21. The summed E-state index contributed by atoms with van der Waals surface area (Å²) >= 11 is 3.31. The molecule has 0 aliphatic heterocycles. The second kappa shape index (κ2) is 13.0. The fourth-order valence-corrected chi connectivity index (χ4v) is 8.12. The van der Waals surface area contributed by atoms with Crippen LogP contribution >= 0.6 is 23.1 Å². The number of thioether (sulfide) groups is 1. The van der Waals surface area contributed by atoms with Gasteiger partial charge in [0.2, 0.25) is 0 Å². The molecular formula is C37H26N4O6S2. The lowest BCUT2D eigenvalue weighted by molar-refractivity contribution is -0.176. The van der Waals surface area contributed by atoms with Crippen LogP contribution in [0.3, 0.4) is 0 Å². The standard InChI is InChI=1S/C19H14N2O2S.C18H10N2O2S.H2O2/c1-24-15-10-9-11-5-2-3-6-12(11)16(15)13-7-4-8-14-17(13)20-19(23)21-18(14)22;21-17-11-6-8-13-15(16(11)19-18(22)20-17)14-10-4-2-1-3-9(10)5-7-12(14)23-13;1-2/h2-10H,1H3,(H2,20,21,22,23);1-8H,(H2,19,20,21,22);1-2H. The van der Waals surface area contributed by atoms with Crippen molar-refractivity contribution in [1.82, 2.24) is 19.9 Å². The number of H-pyrrole nitrogens is 4. The second-order valence-electron chi connectivity index (χ2n) is 11.0. The molecule has 0 saturated heterocycles. The normalized spacial score (nSPS) is 11.2. The summed E-state index contributed by atoms with van der Waals surface area (Å²) in [5.41, 5.74) is 1.37. The van der Waals surface area contributed by atoms with E-state index in [1.807, 2.05) is 48.7 Å². The average Bonchev–Trinajstić information content (AvgIpc) is 3.52. The zero-order valence-electron chi connectivity index (χ0n) is 25.7. The quantitative estimate of drug-likeness (QED) is 0.0620. The summed E-state index contributed by atoms with van der Waals surface area (Å²) in [5, 5.41) is 19.5. The number of rotatable bonds is 2. The van der Waals surface area contributed by atoms with E-state index in [9.17, 15) is 19.2 Å². The third-order valence-corrected chi connectivity index (χ3v) is 10.3. The number of aromatic nitrogens is 4. The molecule has 3 heterocycles. The summed E-state index contributed by atoms with van der Waals surface area (Å²) in [6, 6.07) is 33.9. The molecule has 49 heavy (non-hydrogen) atoms. The first kappa shape index (κ1) is 31.8. The Morgan fingerprint density at radius 3 is 1.80 bits per heavy atom. The molecular weight excluding hydrogens is 661 g/mol. The maximum absolute atomic E-state index is 12.1. The predicted molar refractivity (Wildman–Crippen MR) is 201 cm³/mol. The highest BCUT2D eigenvalue weighted by Gasteiger charge is 2.15. The van der Waals surface area contributed by atoms with E-state index in [0.717, 1.165) is 57.7 Å². The maximum Gasteiger partial charge on any atom is 0.326 e. The van der Waals surface area contributed by atoms with Crippen LogP contribution in [-0.2, 0) is 0 Å². The van der Waals surface area contributed by atoms with E-state index < -0.39 is 11.4 Å². The van der Waals surface area contributed by atoms with Crippen molar-refractivity contribution in [2.75, 3.05) is 6.26 Å². The van der Waals surface area contributed by atoms with Gasteiger partial charge in [0.1, 0.15) is 0 Å². The van der Waals surface area contributed by atoms with Gasteiger partial charge >= 0.3 is 11.4 Å². The topological polar surface area (TPSA) is 172 Å². The zero-order chi connectivity index (χ0) is 34.2. The van der Waals surface area contributed by atoms with Crippen molar-refractivity contribution in [3.05, 3.63) is 145 Å². The average molecular weight is 687 g/mol. The summed E-state index contributed by atoms with van der Waals surface area (Å²) in [4.78, 5) is 59.0. The van der Waals surface area contributed by atoms with Crippen LogP contribution in [0.4, 0.5) is 0 Å². The van der Waals surface area contributed by atoms with Crippen molar-refractivity contribution in [3.8, 4) is 11.1 Å². The number of nitrogens with one attached hydrogen (secondary N) is 4. The van der Waals surface area contributed by atoms with Crippen molar-refractivity contribution in [2.45, 2.75) is 4.90 Å². The van der Waals surface area contributed by atoms with Crippen LogP contribution in [0, 0.1) is 0 Å². The summed E-state index contributed by atoms with van der Waals surface area (Å²) in [7, 11) is 0. The van der Waals surface area contributed by atoms with E-state index >= 15 is 0 Å². The SMILES string of the molecule is CSc1ccc2ccccc2c1-c1cccc2c(=O)[nH]c(=O)[nH]c12.O=c1[nH]c(=O)c2ccc3sc4ccc5ccccc5c4c3c2[nH]1.OO. The summed E-state index contributed by atoms with van der Waals surface area (Å²) in [5.74, 6) is 0. The lowest BCUT2D eigenvalue weighted by atomic mass is 9.96. The first-order valence-corrected chi connectivity index (χ1v) is 17.0. The Balaban J connectivity index is 0.000000147. The Hall–Kier alpha value is -5.79. The number of hydrogen-bond donors (Lipinski definition) is 6. The number of benzene rings is 6. The van der Waals surface area contributed by atoms with Crippen molar-refractivity contribution in [3.63, 3.8) is 0 Å². The lowest BCUT2D eigenvalue weighted by Gasteiger charge is -2.13. The van der Waals surface area contributed by atoms with Gasteiger partial charge < -0.3 is 9.97 Å². The van der Waals surface area contributed by atoms with Gasteiger partial charge in [-0.25, -0.2) is 9.59 Å². The molecule has 0 amide bonds. The Morgan fingerprint density at radius 1 is 0.531 bits per heavy atom. The highest BCUT2D eigenvalue weighted by Crippen LogP contribution is 2.41. The van der Waals surface area contributed by atoms with Crippen LogP contribution < -0.4 is 22.5 Å². The van der Waals surface area contributed by atoms with Gasteiger partial charge in [-0.3, -0.25) is 30.1 Å². The number of thiophene rings is 1. The van der Waals surface area contributed by atoms with Gasteiger partial charge in [0.15, 0.2) is 0 Å². The second-order valence-corrected chi connectivity index (χ2v) is 13.0. The van der Waals surface area contributed by atoms with E-state index in [-0.39, 0.29) is 11.1 Å². The molecule has 6 aromatic carbocycles. The third kappa shape index (κ3) is 5.52. The molecule has 0 unspecified atom stereocenters. The molecule has 0 bridgehead atoms. The molecule has 12 heteroatoms. The van der Waals surface area contributed by atoms with Crippen molar-refractivity contribution >= 4 is 86.6 Å². The van der Waals surface area contributed by atoms with Gasteiger partial charge in [-0.15, -0.1) is 23.1 Å². The molecule has 9 rings (SSSR count). The smallest absolute Gasteiger partial charge is 0.306 e. The van der Waals surface area contributed by atoms with E-state index in [1.54, 1.807) is 35.2 Å². The van der Waals surface area contributed by atoms with Crippen LogP contribution in [0.2, 0.25) is 0 Å². The fraction of sp³-hybridized carbons (Fsp3) is 0.0270. The minimum atomic E-state index is -0.495. The fourth-order valence-electron chi connectivity index (χ4n) is 6.36. The molecule has 0 saturated carbocycles. The Labute approximate surface area is 283 Å². The van der Waals surface area contributed by atoms with Crippen LogP contribution in [0.5, 0.6) is 0 Å². The van der Waals surface area contributed by atoms with E-state index in [4.69, 9.17) is 10.5 Å². The van der Waals surface area contributed by atoms with Gasteiger partial charge in [0.25, 0.3) is 11.1 Å². The van der Waals surface area contributed by atoms with Gasteiger partial charge in [0.05, 0.1) is 21.8 Å². The van der Waals surface area contributed by atoms with Crippen LogP contribution in [0.25, 0.3) is 74.6 Å². The van der Waals surface area contributed by atoms with Gasteiger partial charge in [-0.2, -0.15) is 0 Å². The molecule has 0 atom stereocenters. The minimum Gasteiger partial charge on any atom is -0.306 e. The Bertz CT molecular complexity index is 2960. The molecule has 0 aliphatic carbocycles. The lowest BCUT2D eigenvalue weighted by Crippen LogP contribution is -2.22. The number of fused-ring (bicyclic) bond motifs is 9.